The molecule has 0 fully saturated rings. The van der Waals surface area contributed by atoms with E-state index in [-0.39, 0.29) is 0 Å². The molecule has 96 valence electrons. The highest BCUT2D eigenvalue weighted by Crippen LogP contribution is 2.34. The van der Waals surface area contributed by atoms with Gasteiger partial charge in [0.2, 0.25) is 5.16 Å². The van der Waals surface area contributed by atoms with E-state index in [1.165, 1.54) is 11.8 Å². The molecule has 0 spiro atoms. The number of aryl methyl sites for hydroxylation is 1. The number of rotatable bonds is 2. The molecule has 0 saturated heterocycles. The summed E-state index contributed by atoms with van der Waals surface area (Å²) in [5.74, 6) is 0. The molecule has 0 aliphatic rings. The standard InChI is InChI=1S/C11H9BrN6S/c1-18-11(15-16-17-18)19-9-3-2-8(13)7-4-6(12)5-14-10(7)9/h2-5H,13H2,1H3. The van der Waals surface area contributed by atoms with Gasteiger partial charge in [-0.1, -0.05) is 0 Å². The number of pyridine rings is 1. The molecule has 0 saturated carbocycles. The number of hydrogen-bond donors (Lipinski definition) is 1. The molecule has 0 unspecified atom stereocenters. The summed E-state index contributed by atoms with van der Waals surface area (Å²) in [6.07, 6.45) is 1.75. The molecule has 0 atom stereocenters. The third kappa shape index (κ3) is 2.28. The first-order valence-corrected chi connectivity index (χ1v) is 7.00. The molecule has 1 aromatic carbocycles. The van der Waals surface area contributed by atoms with Crippen LogP contribution in [0.1, 0.15) is 0 Å². The van der Waals surface area contributed by atoms with Gasteiger partial charge < -0.3 is 5.73 Å². The van der Waals surface area contributed by atoms with Crippen LogP contribution in [0.25, 0.3) is 10.9 Å². The van der Waals surface area contributed by atoms with Crippen molar-refractivity contribution in [3.05, 3.63) is 28.9 Å². The summed E-state index contributed by atoms with van der Waals surface area (Å²) < 4.78 is 2.51. The zero-order valence-electron chi connectivity index (χ0n) is 9.91. The second-order valence-corrected chi connectivity index (χ2v) is 5.81. The van der Waals surface area contributed by atoms with E-state index in [2.05, 4.69) is 36.4 Å². The first-order valence-electron chi connectivity index (χ1n) is 5.39. The Bertz CT molecular complexity index is 756. The monoisotopic (exact) mass is 336 g/mol. The van der Waals surface area contributed by atoms with E-state index >= 15 is 0 Å². The third-order valence-electron chi connectivity index (χ3n) is 2.60. The van der Waals surface area contributed by atoms with Crippen molar-refractivity contribution >= 4 is 44.3 Å². The van der Waals surface area contributed by atoms with Gasteiger partial charge in [-0.25, -0.2) is 4.68 Å². The van der Waals surface area contributed by atoms with Gasteiger partial charge in [0.25, 0.3) is 0 Å². The molecule has 2 aromatic heterocycles. The molecule has 2 heterocycles. The number of tetrazole rings is 1. The highest BCUT2D eigenvalue weighted by atomic mass is 79.9. The quantitative estimate of drug-likeness (QED) is 0.722. The maximum Gasteiger partial charge on any atom is 0.213 e. The number of fused-ring (bicyclic) bond motifs is 1. The molecule has 3 rings (SSSR count). The van der Waals surface area contributed by atoms with Crippen molar-refractivity contribution in [2.75, 3.05) is 5.73 Å². The van der Waals surface area contributed by atoms with Gasteiger partial charge in [-0.3, -0.25) is 4.98 Å². The highest BCUT2D eigenvalue weighted by Gasteiger charge is 2.11. The third-order valence-corrected chi connectivity index (χ3v) is 4.11. The minimum atomic E-state index is 0.698. The Balaban J connectivity index is 2.14. The van der Waals surface area contributed by atoms with Gasteiger partial charge in [0, 0.05) is 33.7 Å². The molecule has 0 aliphatic carbocycles. The topological polar surface area (TPSA) is 82.5 Å². The largest absolute Gasteiger partial charge is 0.398 e. The van der Waals surface area contributed by atoms with Crippen LogP contribution in [-0.4, -0.2) is 25.2 Å². The smallest absolute Gasteiger partial charge is 0.213 e. The number of nitrogens with zero attached hydrogens (tertiary/aromatic N) is 5. The fraction of sp³-hybridized carbons (Fsp3) is 0.0909. The van der Waals surface area contributed by atoms with Gasteiger partial charge in [0.15, 0.2) is 0 Å². The molecule has 0 aliphatic heterocycles. The van der Waals surface area contributed by atoms with Crippen LogP contribution in [0.4, 0.5) is 5.69 Å². The number of nitrogens with two attached hydrogens (primary N) is 1. The molecule has 0 amide bonds. The van der Waals surface area contributed by atoms with Crippen molar-refractivity contribution < 1.29 is 0 Å². The minimum Gasteiger partial charge on any atom is -0.398 e. The number of anilines is 1. The van der Waals surface area contributed by atoms with Gasteiger partial charge >= 0.3 is 0 Å². The number of nitrogen functional groups attached to an aromatic ring is 1. The molecule has 0 bridgehead atoms. The van der Waals surface area contributed by atoms with Crippen LogP contribution >= 0.6 is 27.7 Å². The molecule has 3 aromatic rings. The van der Waals surface area contributed by atoms with Crippen LogP contribution in [0.2, 0.25) is 0 Å². The molecule has 6 nitrogen and oxygen atoms in total. The van der Waals surface area contributed by atoms with Crippen molar-refractivity contribution in [2.24, 2.45) is 7.05 Å². The van der Waals surface area contributed by atoms with Crippen LogP contribution in [0.3, 0.4) is 0 Å². The Morgan fingerprint density at radius 1 is 1.37 bits per heavy atom. The number of hydrogen-bond acceptors (Lipinski definition) is 6. The Morgan fingerprint density at radius 3 is 2.95 bits per heavy atom. The fourth-order valence-electron chi connectivity index (χ4n) is 1.68. The van der Waals surface area contributed by atoms with Crippen LogP contribution in [0.15, 0.2) is 38.9 Å². The number of halogens is 1. The van der Waals surface area contributed by atoms with E-state index in [0.717, 1.165) is 20.3 Å². The Hall–Kier alpha value is -1.67. The normalized spacial score (nSPS) is 11.1. The first kappa shape index (κ1) is 12.4. The van der Waals surface area contributed by atoms with Crippen molar-refractivity contribution in [3.63, 3.8) is 0 Å². The van der Waals surface area contributed by atoms with Gasteiger partial charge in [-0.2, -0.15) is 0 Å². The zero-order chi connectivity index (χ0) is 13.4. The molecule has 0 radical (unpaired) electrons. The predicted octanol–water partition coefficient (Wildman–Crippen LogP) is 2.25. The average molecular weight is 337 g/mol. The van der Waals surface area contributed by atoms with Gasteiger partial charge in [0.05, 0.1) is 5.52 Å². The summed E-state index contributed by atoms with van der Waals surface area (Å²) in [5.41, 5.74) is 7.52. The zero-order valence-corrected chi connectivity index (χ0v) is 12.3. The fourth-order valence-corrected chi connectivity index (χ4v) is 2.85. The van der Waals surface area contributed by atoms with Crippen molar-refractivity contribution in [1.82, 2.24) is 25.2 Å². The number of aromatic nitrogens is 5. The van der Waals surface area contributed by atoms with Gasteiger partial charge in [-0.05, 0) is 56.3 Å². The van der Waals surface area contributed by atoms with Crippen molar-refractivity contribution in [2.45, 2.75) is 10.1 Å². The van der Waals surface area contributed by atoms with Gasteiger partial charge in [0.1, 0.15) is 0 Å². The lowest BCUT2D eigenvalue weighted by molar-refractivity contribution is 0.664. The van der Waals surface area contributed by atoms with Gasteiger partial charge in [-0.15, -0.1) is 5.10 Å². The Labute approximate surface area is 121 Å². The van der Waals surface area contributed by atoms with E-state index in [0.29, 0.717) is 10.8 Å². The van der Waals surface area contributed by atoms with Crippen LogP contribution in [-0.2, 0) is 7.05 Å². The summed E-state index contributed by atoms with van der Waals surface area (Å²) in [7, 11) is 1.80. The summed E-state index contributed by atoms with van der Waals surface area (Å²) in [5, 5.41) is 13.0. The second kappa shape index (κ2) is 4.78. The van der Waals surface area contributed by atoms with Crippen molar-refractivity contribution in [3.8, 4) is 0 Å². The molecular weight excluding hydrogens is 328 g/mol. The number of benzene rings is 1. The summed E-state index contributed by atoms with van der Waals surface area (Å²) in [6.45, 7) is 0. The first-order chi connectivity index (χ1) is 9.15. The van der Waals surface area contributed by atoms with E-state index in [9.17, 15) is 0 Å². The van der Waals surface area contributed by atoms with E-state index in [4.69, 9.17) is 5.73 Å². The average Bonchev–Trinajstić information content (AvgIpc) is 2.79. The molecular formula is C11H9BrN6S. The van der Waals surface area contributed by atoms with Crippen LogP contribution in [0, 0.1) is 0 Å². The molecule has 2 N–H and O–H groups in total. The van der Waals surface area contributed by atoms with E-state index in [1.54, 1.807) is 17.9 Å². The van der Waals surface area contributed by atoms with E-state index < -0.39 is 0 Å². The summed E-state index contributed by atoms with van der Waals surface area (Å²) in [6, 6.07) is 5.75. The summed E-state index contributed by atoms with van der Waals surface area (Å²) >= 11 is 4.86. The Morgan fingerprint density at radius 2 is 2.21 bits per heavy atom. The lowest BCUT2D eigenvalue weighted by Gasteiger charge is -2.07. The maximum absolute atomic E-state index is 5.98. The minimum absolute atomic E-state index is 0.698. The lowest BCUT2D eigenvalue weighted by atomic mass is 10.2. The maximum atomic E-state index is 5.98. The molecule has 19 heavy (non-hydrogen) atoms. The lowest BCUT2D eigenvalue weighted by Crippen LogP contribution is -1.94. The predicted molar refractivity (Wildman–Crippen MR) is 76.8 cm³/mol. The second-order valence-electron chi connectivity index (χ2n) is 3.89. The SMILES string of the molecule is Cn1nnnc1Sc1ccc(N)c2cc(Br)cnc12. The molecule has 8 heteroatoms. The summed E-state index contributed by atoms with van der Waals surface area (Å²) in [4.78, 5) is 5.39. The van der Waals surface area contributed by atoms with Crippen molar-refractivity contribution in [1.29, 1.82) is 0 Å². The Kier molecular flexibility index (Phi) is 3.11. The highest BCUT2D eigenvalue weighted by molar-refractivity contribution is 9.10. The van der Waals surface area contributed by atoms with Crippen LogP contribution in [0.5, 0.6) is 0 Å². The van der Waals surface area contributed by atoms with Crippen LogP contribution < -0.4 is 5.73 Å². The van der Waals surface area contributed by atoms with E-state index in [1.807, 2.05) is 18.2 Å².